The van der Waals surface area contributed by atoms with Crippen LogP contribution in [0, 0.1) is 0 Å². The van der Waals surface area contributed by atoms with Crippen molar-refractivity contribution >= 4 is 26.9 Å². The van der Waals surface area contributed by atoms with E-state index in [1.165, 1.54) is 11.4 Å². The molecule has 3 aromatic rings. The minimum Gasteiger partial charge on any atom is -0.491 e. The van der Waals surface area contributed by atoms with Gasteiger partial charge in [-0.25, -0.2) is 8.42 Å². The van der Waals surface area contributed by atoms with Crippen LogP contribution in [-0.4, -0.2) is 49.6 Å². The fraction of sp³-hybridized carbons (Fsp3) is 0.375. The third-order valence-corrected chi connectivity index (χ3v) is 7.62. The van der Waals surface area contributed by atoms with E-state index in [4.69, 9.17) is 9.47 Å². The average Bonchev–Trinajstić information content (AvgIpc) is 3.40. The van der Waals surface area contributed by atoms with E-state index in [0.717, 1.165) is 16.5 Å². The molecule has 7 nitrogen and oxygen atoms in total. The molecule has 0 spiro atoms. The second-order valence-corrected chi connectivity index (χ2v) is 10.2. The molecule has 0 amide bonds. The van der Waals surface area contributed by atoms with Gasteiger partial charge in [0.05, 0.1) is 24.5 Å². The van der Waals surface area contributed by atoms with Crippen molar-refractivity contribution in [2.75, 3.05) is 20.2 Å². The van der Waals surface area contributed by atoms with Gasteiger partial charge in [-0.15, -0.1) is 0 Å². The van der Waals surface area contributed by atoms with E-state index in [-0.39, 0.29) is 29.4 Å². The Morgan fingerprint density at radius 2 is 1.84 bits per heavy atom. The molecule has 0 N–H and O–H groups in total. The topological polar surface area (TPSA) is 77.8 Å². The number of aromatic nitrogens is 1. The van der Waals surface area contributed by atoms with Crippen LogP contribution in [0.2, 0.25) is 0 Å². The van der Waals surface area contributed by atoms with Crippen LogP contribution in [0.1, 0.15) is 31.9 Å². The molecular formula is C24H28N2O5S. The van der Waals surface area contributed by atoms with E-state index in [2.05, 4.69) is 4.57 Å². The SMILES string of the molecule is COC(=O)Cc1cn([C@H]2CCN(S(=O)(=O)c3ccc(OC(C)C)cc3)C2)c2ccccc12. The van der Waals surface area contributed by atoms with Gasteiger partial charge in [-0.3, -0.25) is 4.79 Å². The van der Waals surface area contributed by atoms with Gasteiger partial charge in [0.2, 0.25) is 10.0 Å². The molecule has 1 aromatic heterocycles. The van der Waals surface area contributed by atoms with Crippen LogP contribution in [0.15, 0.2) is 59.6 Å². The van der Waals surface area contributed by atoms with Gasteiger partial charge in [0.25, 0.3) is 0 Å². The fourth-order valence-corrected chi connectivity index (χ4v) is 5.71. The third kappa shape index (κ3) is 4.38. The first-order valence-corrected chi connectivity index (χ1v) is 12.2. The first-order valence-electron chi connectivity index (χ1n) is 10.7. The maximum Gasteiger partial charge on any atom is 0.310 e. The molecule has 1 saturated heterocycles. The molecule has 2 aromatic carbocycles. The van der Waals surface area contributed by atoms with E-state index < -0.39 is 10.0 Å². The number of esters is 1. The molecule has 0 aliphatic carbocycles. The number of ether oxygens (including phenoxy) is 2. The Morgan fingerprint density at radius 1 is 1.12 bits per heavy atom. The molecule has 0 unspecified atom stereocenters. The zero-order valence-electron chi connectivity index (χ0n) is 18.5. The standard InChI is InChI=1S/C24H28N2O5S/c1-17(2)31-20-8-10-21(11-9-20)32(28,29)25-13-12-19(16-25)26-15-18(14-24(27)30-3)22-6-4-5-7-23(22)26/h4-11,15,17,19H,12-14,16H2,1-3H3/t19-/m0/s1. The van der Waals surface area contributed by atoms with Gasteiger partial charge in [-0.05, 0) is 56.2 Å². The first kappa shape index (κ1) is 22.4. The molecular weight excluding hydrogens is 428 g/mol. The summed E-state index contributed by atoms with van der Waals surface area (Å²) >= 11 is 0. The molecule has 1 aliphatic rings. The fourth-order valence-electron chi connectivity index (χ4n) is 4.22. The minimum absolute atomic E-state index is 0.00961. The van der Waals surface area contributed by atoms with Crippen LogP contribution in [-0.2, 0) is 26.0 Å². The van der Waals surface area contributed by atoms with Crippen molar-refractivity contribution in [3.63, 3.8) is 0 Å². The lowest BCUT2D eigenvalue weighted by molar-refractivity contribution is -0.139. The predicted octanol–water partition coefficient (Wildman–Crippen LogP) is 3.78. The number of benzene rings is 2. The normalized spacial score (nSPS) is 17.2. The molecule has 1 fully saturated rings. The second kappa shape index (κ2) is 8.96. The van der Waals surface area contributed by atoms with Crippen LogP contribution >= 0.6 is 0 Å². The quantitative estimate of drug-likeness (QED) is 0.506. The summed E-state index contributed by atoms with van der Waals surface area (Å²) in [7, 11) is -2.23. The Labute approximate surface area is 188 Å². The van der Waals surface area contributed by atoms with E-state index in [0.29, 0.717) is 25.3 Å². The summed E-state index contributed by atoms with van der Waals surface area (Å²) in [6.07, 6.45) is 2.87. The first-order chi connectivity index (χ1) is 15.3. The Hall–Kier alpha value is -2.84. The van der Waals surface area contributed by atoms with Crippen molar-refractivity contribution < 1.29 is 22.7 Å². The number of fused-ring (bicyclic) bond motifs is 1. The molecule has 32 heavy (non-hydrogen) atoms. The highest BCUT2D eigenvalue weighted by Gasteiger charge is 2.34. The summed E-state index contributed by atoms with van der Waals surface area (Å²) in [5.41, 5.74) is 1.88. The van der Waals surface area contributed by atoms with Gasteiger partial charge in [-0.1, -0.05) is 18.2 Å². The number of rotatable bonds is 7. The van der Waals surface area contributed by atoms with E-state index in [1.54, 1.807) is 24.3 Å². The van der Waals surface area contributed by atoms with Crippen LogP contribution in [0.4, 0.5) is 0 Å². The monoisotopic (exact) mass is 456 g/mol. The largest absolute Gasteiger partial charge is 0.491 e. The van der Waals surface area contributed by atoms with Crippen molar-refractivity contribution in [2.24, 2.45) is 0 Å². The molecule has 2 heterocycles. The van der Waals surface area contributed by atoms with Gasteiger partial charge in [0.15, 0.2) is 0 Å². The maximum absolute atomic E-state index is 13.2. The highest BCUT2D eigenvalue weighted by atomic mass is 32.2. The van der Waals surface area contributed by atoms with E-state index >= 15 is 0 Å². The Bertz CT molecular complexity index is 1210. The lowest BCUT2D eigenvalue weighted by atomic mass is 10.1. The zero-order chi connectivity index (χ0) is 22.9. The van der Waals surface area contributed by atoms with Crippen LogP contribution in [0.25, 0.3) is 10.9 Å². The van der Waals surface area contributed by atoms with Crippen molar-refractivity contribution in [2.45, 2.75) is 43.7 Å². The van der Waals surface area contributed by atoms with Gasteiger partial charge in [-0.2, -0.15) is 4.31 Å². The number of para-hydroxylation sites is 1. The number of hydrogen-bond donors (Lipinski definition) is 0. The number of sulfonamides is 1. The molecule has 0 saturated carbocycles. The van der Waals surface area contributed by atoms with E-state index in [9.17, 15) is 13.2 Å². The Kier molecular flexibility index (Phi) is 6.26. The molecule has 170 valence electrons. The predicted molar refractivity (Wildman–Crippen MR) is 122 cm³/mol. The highest BCUT2D eigenvalue weighted by molar-refractivity contribution is 7.89. The molecule has 0 bridgehead atoms. The summed E-state index contributed by atoms with van der Waals surface area (Å²) < 4.78 is 40.5. The van der Waals surface area contributed by atoms with Crippen LogP contribution < -0.4 is 4.74 Å². The number of nitrogens with zero attached hydrogens (tertiary/aromatic N) is 2. The van der Waals surface area contributed by atoms with Crippen molar-refractivity contribution in [1.82, 2.24) is 8.87 Å². The zero-order valence-corrected chi connectivity index (χ0v) is 19.3. The number of carbonyl (C=O) groups excluding carboxylic acids is 1. The second-order valence-electron chi connectivity index (χ2n) is 8.28. The molecule has 1 atom stereocenters. The summed E-state index contributed by atoms with van der Waals surface area (Å²) in [6, 6.07) is 14.4. The Morgan fingerprint density at radius 3 is 2.53 bits per heavy atom. The maximum atomic E-state index is 13.2. The summed E-state index contributed by atoms with van der Waals surface area (Å²) in [6.45, 7) is 4.67. The van der Waals surface area contributed by atoms with Crippen LogP contribution in [0.3, 0.4) is 0 Å². The highest BCUT2D eigenvalue weighted by Crippen LogP contribution is 2.33. The van der Waals surface area contributed by atoms with Crippen LogP contribution in [0.5, 0.6) is 5.75 Å². The number of methoxy groups -OCH3 is 1. The van der Waals surface area contributed by atoms with E-state index in [1.807, 2.05) is 44.3 Å². The average molecular weight is 457 g/mol. The third-order valence-electron chi connectivity index (χ3n) is 5.74. The lowest BCUT2D eigenvalue weighted by Crippen LogP contribution is -2.29. The summed E-state index contributed by atoms with van der Waals surface area (Å²) in [4.78, 5) is 12.1. The molecule has 4 rings (SSSR count). The van der Waals surface area contributed by atoms with Gasteiger partial charge in [0.1, 0.15) is 5.75 Å². The minimum atomic E-state index is -3.60. The Balaban J connectivity index is 1.57. The lowest BCUT2D eigenvalue weighted by Gasteiger charge is -2.18. The molecule has 1 aliphatic heterocycles. The van der Waals surface area contributed by atoms with Gasteiger partial charge in [0, 0.05) is 36.2 Å². The van der Waals surface area contributed by atoms with Gasteiger partial charge >= 0.3 is 5.97 Å². The van der Waals surface area contributed by atoms with Gasteiger partial charge < -0.3 is 14.0 Å². The molecule has 8 heteroatoms. The van der Waals surface area contributed by atoms with Crippen molar-refractivity contribution in [3.05, 3.63) is 60.3 Å². The van der Waals surface area contributed by atoms with Crippen molar-refractivity contribution in [3.8, 4) is 5.75 Å². The number of carbonyl (C=O) groups is 1. The smallest absolute Gasteiger partial charge is 0.310 e. The molecule has 0 radical (unpaired) electrons. The summed E-state index contributed by atoms with van der Waals surface area (Å²) in [5.74, 6) is 0.351. The summed E-state index contributed by atoms with van der Waals surface area (Å²) in [5, 5.41) is 0.986. The number of hydrogen-bond acceptors (Lipinski definition) is 5. The van der Waals surface area contributed by atoms with Crippen molar-refractivity contribution in [1.29, 1.82) is 0 Å².